The number of aromatic nitrogens is 2. The number of benzene rings is 2. The lowest BCUT2D eigenvalue weighted by Gasteiger charge is -2.20. The van der Waals surface area contributed by atoms with Crippen molar-refractivity contribution in [3.63, 3.8) is 0 Å². The molecule has 0 saturated heterocycles. The van der Waals surface area contributed by atoms with Gasteiger partial charge >= 0.3 is 0 Å². The van der Waals surface area contributed by atoms with Crippen LogP contribution in [-0.2, 0) is 17.9 Å². The zero-order valence-corrected chi connectivity index (χ0v) is 19.4. The van der Waals surface area contributed by atoms with Crippen molar-refractivity contribution in [2.24, 2.45) is 5.92 Å². The van der Waals surface area contributed by atoms with Gasteiger partial charge < -0.3 is 14.6 Å². The summed E-state index contributed by atoms with van der Waals surface area (Å²) in [5.41, 5.74) is 4.51. The molecule has 1 heterocycles. The molecule has 2 aromatic carbocycles. The lowest BCUT2D eigenvalue weighted by Crippen LogP contribution is -2.32. The maximum atomic E-state index is 12.6. The summed E-state index contributed by atoms with van der Waals surface area (Å²) >= 11 is 0. The first-order valence-electron chi connectivity index (χ1n) is 12.0. The molecule has 3 aromatic rings. The Labute approximate surface area is 191 Å². The third-order valence-electron chi connectivity index (χ3n) is 6.51. The Morgan fingerprint density at radius 1 is 1.09 bits per heavy atom. The van der Waals surface area contributed by atoms with Gasteiger partial charge in [0.15, 0.2) is 0 Å². The van der Waals surface area contributed by atoms with E-state index in [2.05, 4.69) is 54.1 Å². The monoisotopic (exact) mass is 433 g/mol. The van der Waals surface area contributed by atoms with Crippen LogP contribution in [0.4, 0.5) is 0 Å². The number of para-hydroxylation sites is 2. The van der Waals surface area contributed by atoms with E-state index in [4.69, 9.17) is 9.72 Å². The van der Waals surface area contributed by atoms with E-state index in [1.54, 1.807) is 0 Å². The number of imidazole rings is 1. The topological polar surface area (TPSA) is 56.1 Å². The first kappa shape index (κ1) is 22.4. The first-order valence-corrected chi connectivity index (χ1v) is 12.0. The van der Waals surface area contributed by atoms with Gasteiger partial charge in [-0.3, -0.25) is 4.79 Å². The van der Waals surface area contributed by atoms with E-state index in [0.717, 1.165) is 54.8 Å². The molecule has 0 spiro atoms. The van der Waals surface area contributed by atoms with Gasteiger partial charge in [-0.1, -0.05) is 43.5 Å². The maximum Gasteiger partial charge on any atom is 0.223 e. The standard InChI is InChI=1S/C27H35N3O2/c1-20-14-15-21(2)25(18-20)32-17-9-8-16-30-24-13-7-6-12-23(24)29-26(30)19-28-27(31)22-10-4-3-5-11-22/h6-7,12-15,18,22H,3-5,8-11,16-17,19H2,1-2H3,(H,28,31). The summed E-state index contributed by atoms with van der Waals surface area (Å²) in [5.74, 6) is 2.27. The molecule has 1 saturated carbocycles. The van der Waals surface area contributed by atoms with E-state index in [-0.39, 0.29) is 11.8 Å². The summed E-state index contributed by atoms with van der Waals surface area (Å²) in [6.07, 6.45) is 7.59. The number of amides is 1. The first-order chi connectivity index (χ1) is 15.6. The second-order valence-corrected chi connectivity index (χ2v) is 9.05. The molecule has 1 aliphatic rings. The number of nitrogens with zero attached hydrogens (tertiary/aromatic N) is 2. The number of unbranched alkanes of at least 4 members (excludes halogenated alkanes) is 1. The smallest absolute Gasteiger partial charge is 0.223 e. The normalized spacial score (nSPS) is 14.6. The molecule has 1 fully saturated rings. The summed E-state index contributed by atoms with van der Waals surface area (Å²) in [5, 5.41) is 3.16. The molecule has 4 rings (SSSR count). The van der Waals surface area contributed by atoms with E-state index >= 15 is 0 Å². The Kier molecular flexibility index (Phi) is 7.46. The molecule has 0 bridgehead atoms. The molecule has 5 heteroatoms. The van der Waals surface area contributed by atoms with Gasteiger partial charge in [0.1, 0.15) is 11.6 Å². The van der Waals surface area contributed by atoms with Crippen molar-refractivity contribution in [1.82, 2.24) is 14.9 Å². The third kappa shape index (κ3) is 5.50. The largest absolute Gasteiger partial charge is 0.493 e. The maximum absolute atomic E-state index is 12.6. The molecule has 170 valence electrons. The fraction of sp³-hybridized carbons (Fsp3) is 0.481. The molecule has 5 nitrogen and oxygen atoms in total. The van der Waals surface area contributed by atoms with Crippen LogP contribution in [0.5, 0.6) is 5.75 Å². The van der Waals surface area contributed by atoms with E-state index < -0.39 is 0 Å². The molecule has 0 atom stereocenters. The lowest BCUT2D eigenvalue weighted by atomic mass is 9.89. The zero-order valence-electron chi connectivity index (χ0n) is 19.4. The van der Waals surface area contributed by atoms with E-state index in [0.29, 0.717) is 13.2 Å². The number of fused-ring (bicyclic) bond motifs is 1. The van der Waals surface area contributed by atoms with Crippen LogP contribution in [0.15, 0.2) is 42.5 Å². The molecule has 1 amide bonds. The van der Waals surface area contributed by atoms with Crippen LogP contribution in [-0.4, -0.2) is 22.1 Å². The van der Waals surface area contributed by atoms with Gasteiger partial charge in [-0.05, 0) is 68.9 Å². The van der Waals surface area contributed by atoms with Gasteiger partial charge in [0, 0.05) is 12.5 Å². The Hall–Kier alpha value is -2.82. The highest BCUT2D eigenvalue weighted by Gasteiger charge is 2.21. The van der Waals surface area contributed by atoms with Gasteiger partial charge in [-0.15, -0.1) is 0 Å². The highest BCUT2D eigenvalue weighted by molar-refractivity contribution is 5.79. The molecule has 1 aromatic heterocycles. The summed E-state index contributed by atoms with van der Waals surface area (Å²) in [4.78, 5) is 17.4. The molecule has 1 aliphatic carbocycles. The van der Waals surface area contributed by atoms with Crippen molar-refractivity contribution in [3.8, 4) is 5.75 Å². The van der Waals surface area contributed by atoms with Crippen molar-refractivity contribution in [3.05, 3.63) is 59.4 Å². The van der Waals surface area contributed by atoms with Crippen LogP contribution in [0.25, 0.3) is 11.0 Å². The van der Waals surface area contributed by atoms with Crippen molar-refractivity contribution in [2.75, 3.05) is 6.61 Å². The van der Waals surface area contributed by atoms with Gasteiger partial charge in [0.25, 0.3) is 0 Å². The van der Waals surface area contributed by atoms with E-state index in [1.807, 2.05) is 12.1 Å². The Morgan fingerprint density at radius 3 is 2.75 bits per heavy atom. The fourth-order valence-electron chi connectivity index (χ4n) is 4.60. The van der Waals surface area contributed by atoms with Crippen molar-refractivity contribution in [1.29, 1.82) is 0 Å². The minimum Gasteiger partial charge on any atom is -0.493 e. The second-order valence-electron chi connectivity index (χ2n) is 9.05. The Bertz CT molecular complexity index is 1050. The van der Waals surface area contributed by atoms with Crippen molar-refractivity contribution in [2.45, 2.75) is 71.9 Å². The number of rotatable bonds is 9. The average molecular weight is 434 g/mol. The highest BCUT2D eigenvalue weighted by atomic mass is 16.5. The molecule has 1 N–H and O–H groups in total. The number of nitrogens with one attached hydrogen (secondary N) is 1. The quantitative estimate of drug-likeness (QED) is 0.440. The molecule has 32 heavy (non-hydrogen) atoms. The lowest BCUT2D eigenvalue weighted by molar-refractivity contribution is -0.126. The zero-order chi connectivity index (χ0) is 22.3. The predicted molar refractivity (Wildman–Crippen MR) is 129 cm³/mol. The van der Waals surface area contributed by atoms with Crippen LogP contribution >= 0.6 is 0 Å². The Morgan fingerprint density at radius 2 is 1.91 bits per heavy atom. The second kappa shape index (κ2) is 10.7. The number of carbonyl (C=O) groups excluding carboxylic acids is 1. The molecule has 0 unspecified atom stereocenters. The van der Waals surface area contributed by atoms with Crippen LogP contribution in [0.1, 0.15) is 61.9 Å². The number of aryl methyl sites for hydroxylation is 3. The minimum absolute atomic E-state index is 0.170. The highest BCUT2D eigenvalue weighted by Crippen LogP contribution is 2.24. The van der Waals surface area contributed by atoms with Crippen LogP contribution in [0.2, 0.25) is 0 Å². The third-order valence-corrected chi connectivity index (χ3v) is 6.51. The predicted octanol–water partition coefficient (Wildman–Crippen LogP) is 5.71. The molecule has 0 radical (unpaired) electrons. The summed E-state index contributed by atoms with van der Waals surface area (Å²) in [7, 11) is 0. The summed E-state index contributed by atoms with van der Waals surface area (Å²) in [6.45, 7) is 6.23. The van der Waals surface area contributed by atoms with Crippen LogP contribution < -0.4 is 10.1 Å². The average Bonchev–Trinajstić information content (AvgIpc) is 3.17. The minimum atomic E-state index is 0.170. The van der Waals surface area contributed by atoms with Crippen molar-refractivity contribution >= 4 is 16.9 Å². The van der Waals surface area contributed by atoms with Crippen LogP contribution in [0.3, 0.4) is 0 Å². The molecular weight excluding hydrogens is 398 g/mol. The van der Waals surface area contributed by atoms with Gasteiger partial charge in [-0.25, -0.2) is 4.98 Å². The number of hydrogen-bond acceptors (Lipinski definition) is 3. The summed E-state index contributed by atoms with van der Waals surface area (Å²) < 4.78 is 8.28. The number of ether oxygens (including phenoxy) is 1. The van der Waals surface area contributed by atoms with E-state index in [9.17, 15) is 4.79 Å². The Balaban J connectivity index is 1.34. The van der Waals surface area contributed by atoms with Gasteiger partial charge in [0.05, 0.1) is 24.2 Å². The van der Waals surface area contributed by atoms with Gasteiger partial charge in [0.2, 0.25) is 5.91 Å². The van der Waals surface area contributed by atoms with Crippen molar-refractivity contribution < 1.29 is 9.53 Å². The summed E-state index contributed by atoms with van der Waals surface area (Å²) in [6, 6.07) is 14.5. The number of hydrogen-bond donors (Lipinski definition) is 1. The fourth-order valence-corrected chi connectivity index (χ4v) is 4.60. The van der Waals surface area contributed by atoms with Gasteiger partial charge in [-0.2, -0.15) is 0 Å². The number of carbonyl (C=O) groups is 1. The molecular formula is C27H35N3O2. The van der Waals surface area contributed by atoms with Crippen LogP contribution in [0, 0.1) is 19.8 Å². The SMILES string of the molecule is Cc1ccc(C)c(OCCCCn2c(CNC(=O)C3CCCCC3)nc3ccccc32)c1. The molecule has 0 aliphatic heterocycles. The van der Waals surface area contributed by atoms with E-state index in [1.165, 1.54) is 30.4 Å².